The summed E-state index contributed by atoms with van der Waals surface area (Å²) in [6, 6.07) is 7.94. The van der Waals surface area contributed by atoms with Gasteiger partial charge < -0.3 is 15.4 Å². The van der Waals surface area contributed by atoms with Crippen LogP contribution in [-0.4, -0.2) is 22.2 Å². The summed E-state index contributed by atoms with van der Waals surface area (Å²) in [6.07, 6.45) is 2.05. The van der Waals surface area contributed by atoms with Gasteiger partial charge in [-0.3, -0.25) is 4.79 Å². The molecule has 0 fully saturated rings. The van der Waals surface area contributed by atoms with Gasteiger partial charge in [-0.2, -0.15) is 0 Å². The molecule has 0 aliphatic carbocycles. The first-order valence-corrected chi connectivity index (χ1v) is 5.59. The number of aromatic nitrogens is 1. The normalized spacial score (nSPS) is 12.8. The van der Waals surface area contributed by atoms with E-state index in [1.54, 1.807) is 0 Å². The smallest absolute Gasteiger partial charge is 0.304 e. The number of carboxylic acid groups (broad SMARTS) is 1. The lowest BCUT2D eigenvalue weighted by Crippen LogP contribution is -2.16. The van der Waals surface area contributed by atoms with Crippen LogP contribution in [0, 0.1) is 0 Å². The van der Waals surface area contributed by atoms with Crippen LogP contribution in [0.15, 0.2) is 30.5 Å². The largest absolute Gasteiger partial charge is 0.481 e. The molecule has 4 nitrogen and oxygen atoms in total. The zero-order valence-corrected chi connectivity index (χ0v) is 9.76. The summed E-state index contributed by atoms with van der Waals surface area (Å²) >= 11 is 0. The summed E-state index contributed by atoms with van der Waals surface area (Å²) in [5.74, 6) is -0.938. The summed E-state index contributed by atoms with van der Waals surface area (Å²) in [6.45, 7) is 0.348. The van der Waals surface area contributed by atoms with E-state index < -0.39 is 5.97 Å². The molecule has 1 aromatic carbocycles. The lowest BCUT2D eigenvalue weighted by Gasteiger charge is -2.14. The summed E-state index contributed by atoms with van der Waals surface area (Å²) in [5, 5.41) is 9.98. The summed E-state index contributed by atoms with van der Waals surface area (Å²) in [4.78, 5) is 10.8. The van der Waals surface area contributed by atoms with E-state index in [2.05, 4.69) is 0 Å². The summed E-state index contributed by atoms with van der Waals surface area (Å²) < 4.78 is 2.02. The molecular weight excluding hydrogens is 216 g/mol. The van der Waals surface area contributed by atoms with Crippen LogP contribution in [0.5, 0.6) is 0 Å². The molecule has 1 unspecified atom stereocenters. The third-order valence-corrected chi connectivity index (χ3v) is 3.11. The van der Waals surface area contributed by atoms with E-state index in [0.717, 1.165) is 16.5 Å². The highest BCUT2D eigenvalue weighted by molar-refractivity contribution is 5.85. The Balaban J connectivity index is 2.49. The van der Waals surface area contributed by atoms with Gasteiger partial charge in [-0.15, -0.1) is 0 Å². The first kappa shape index (κ1) is 11.7. The van der Waals surface area contributed by atoms with E-state index in [1.165, 1.54) is 0 Å². The fourth-order valence-corrected chi connectivity index (χ4v) is 2.21. The van der Waals surface area contributed by atoms with E-state index in [9.17, 15) is 4.79 Å². The number of rotatable bonds is 4. The predicted molar refractivity (Wildman–Crippen MR) is 67.0 cm³/mol. The average Bonchev–Trinajstić information content (AvgIpc) is 2.68. The molecule has 0 aliphatic rings. The lowest BCUT2D eigenvalue weighted by molar-refractivity contribution is -0.137. The van der Waals surface area contributed by atoms with Crippen LogP contribution >= 0.6 is 0 Å². The van der Waals surface area contributed by atoms with Crippen molar-refractivity contribution in [2.45, 2.75) is 12.3 Å². The standard InChI is InChI=1S/C13H16N2O2/c1-15-6-5-11-10(3-2-4-12(11)15)9(8-14)7-13(16)17/h2-6,9H,7-8,14H2,1H3,(H,16,17). The average molecular weight is 232 g/mol. The highest BCUT2D eigenvalue weighted by Gasteiger charge is 2.16. The van der Waals surface area contributed by atoms with E-state index in [0.29, 0.717) is 6.54 Å². The molecule has 0 amide bonds. The minimum atomic E-state index is -0.812. The first-order valence-electron chi connectivity index (χ1n) is 5.59. The molecule has 1 atom stereocenters. The van der Waals surface area contributed by atoms with Crippen molar-refractivity contribution in [3.63, 3.8) is 0 Å². The molecule has 0 saturated heterocycles. The topological polar surface area (TPSA) is 68.2 Å². The van der Waals surface area contributed by atoms with Gasteiger partial charge in [-0.1, -0.05) is 12.1 Å². The van der Waals surface area contributed by atoms with Crippen LogP contribution in [0.1, 0.15) is 17.9 Å². The summed E-state index contributed by atoms with van der Waals surface area (Å²) in [5.41, 5.74) is 7.81. The maximum absolute atomic E-state index is 10.8. The Hall–Kier alpha value is -1.81. The minimum absolute atomic E-state index is 0.0739. The third-order valence-electron chi connectivity index (χ3n) is 3.11. The van der Waals surface area contributed by atoms with Crippen molar-refractivity contribution in [1.82, 2.24) is 4.57 Å². The van der Waals surface area contributed by atoms with Gasteiger partial charge in [0.05, 0.1) is 6.42 Å². The number of carboxylic acids is 1. The molecule has 0 radical (unpaired) electrons. The molecule has 1 heterocycles. The molecule has 0 bridgehead atoms. The number of aliphatic carboxylic acids is 1. The van der Waals surface area contributed by atoms with E-state index in [-0.39, 0.29) is 12.3 Å². The number of nitrogens with two attached hydrogens (primary N) is 1. The van der Waals surface area contributed by atoms with Crippen molar-refractivity contribution in [1.29, 1.82) is 0 Å². The minimum Gasteiger partial charge on any atom is -0.481 e. The molecule has 17 heavy (non-hydrogen) atoms. The van der Waals surface area contributed by atoms with Crippen molar-refractivity contribution in [2.24, 2.45) is 12.8 Å². The third kappa shape index (κ3) is 2.17. The SMILES string of the molecule is Cn1ccc2c(C(CN)CC(=O)O)cccc21. The molecule has 2 rings (SSSR count). The fraction of sp³-hybridized carbons (Fsp3) is 0.308. The van der Waals surface area contributed by atoms with Gasteiger partial charge in [0.25, 0.3) is 0 Å². The van der Waals surface area contributed by atoms with E-state index in [4.69, 9.17) is 10.8 Å². The Morgan fingerprint density at radius 1 is 1.47 bits per heavy atom. The fourth-order valence-electron chi connectivity index (χ4n) is 2.21. The Morgan fingerprint density at radius 2 is 2.24 bits per heavy atom. The van der Waals surface area contributed by atoms with Gasteiger partial charge in [0.1, 0.15) is 0 Å². The van der Waals surface area contributed by atoms with Crippen LogP contribution in [0.4, 0.5) is 0 Å². The van der Waals surface area contributed by atoms with Gasteiger partial charge in [-0.05, 0) is 24.2 Å². The van der Waals surface area contributed by atoms with Gasteiger partial charge in [0.2, 0.25) is 0 Å². The molecule has 0 aliphatic heterocycles. The highest BCUT2D eigenvalue weighted by Crippen LogP contribution is 2.27. The molecular formula is C13H16N2O2. The molecule has 0 saturated carbocycles. The summed E-state index contributed by atoms with van der Waals surface area (Å²) in [7, 11) is 1.97. The van der Waals surface area contributed by atoms with Crippen LogP contribution in [0.3, 0.4) is 0 Å². The van der Waals surface area contributed by atoms with Gasteiger partial charge in [-0.25, -0.2) is 0 Å². The first-order chi connectivity index (χ1) is 8.13. The second kappa shape index (κ2) is 4.59. The number of benzene rings is 1. The van der Waals surface area contributed by atoms with Crippen LogP contribution in [0.25, 0.3) is 10.9 Å². The number of hydrogen-bond acceptors (Lipinski definition) is 2. The second-order valence-corrected chi connectivity index (χ2v) is 4.24. The van der Waals surface area contributed by atoms with Gasteiger partial charge in [0, 0.05) is 30.1 Å². The van der Waals surface area contributed by atoms with Crippen LogP contribution in [0.2, 0.25) is 0 Å². The Morgan fingerprint density at radius 3 is 2.88 bits per heavy atom. The predicted octanol–water partition coefficient (Wildman–Crippen LogP) is 1.70. The number of fused-ring (bicyclic) bond motifs is 1. The molecule has 90 valence electrons. The quantitative estimate of drug-likeness (QED) is 0.843. The van der Waals surface area contributed by atoms with Crippen LogP contribution in [-0.2, 0) is 11.8 Å². The molecule has 2 aromatic rings. The maximum atomic E-state index is 10.8. The maximum Gasteiger partial charge on any atom is 0.304 e. The Labute approximate surface area is 99.7 Å². The zero-order chi connectivity index (χ0) is 12.4. The highest BCUT2D eigenvalue weighted by atomic mass is 16.4. The van der Waals surface area contributed by atoms with E-state index in [1.807, 2.05) is 42.1 Å². The van der Waals surface area contributed by atoms with E-state index >= 15 is 0 Å². The van der Waals surface area contributed by atoms with Crippen molar-refractivity contribution >= 4 is 16.9 Å². The number of hydrogen-bond donors (Lipinski definition) is 2. The Kier molecular flexibility index (Phi) is 3.15. The van der Waals surface area contributed by atoms with Crippen molar-refractivity contribution < 1.29 is 9.90 Å². The van der Waals surface area contributed by atoms with Crippen molar-refractivity contribution in [3.8, 4) is 0 Å². The monoisotopic (exact) mass is 232 g/mol. The van der Waals surface area contributed by atoms with Crippen molar-refractivity contribution in [3.05, 3.63) is 36.0 Å². The number of carbonyl (C=O) groups is 1. The second-order valence-electron chi connectivity index (χ2n) is 4.24. The number of nitrogens with zero attached hydrogens (tertiary/aromatic N) is 1. The van der Waals surface area contributed by atoms with Crippen molar-refractivity contribution in [2.75, 3.05) is 6.54 Å². The molecule has 0 spiro atoms. The molecule has 3 N–H and O–H groups in total. The van der Waals surface area contributed by atoms with Gasteiger partial charge >= 0.3 is 5.97 Å². The lowest BCUT2D eigenvalue weighted by atomic mass is 9.93. The molecule has 1 aromatic heterocycles. The van der Waals surface area contributed by atoms with Gasteiger partial charge in [0.15, 0.2) is 0 Å². The molecule has 4 heteroatoms. The zero-order valence-electron chi connectivity index (χ0n) is 9.76. The van der Waals surface area contributed by atoms with Crippen LogP contribution < -0.4 is 5.73 Å². The Bertz CT molecular complexity index is 545. The number of aryl methyl sites for hydroxylation is 1.